The lowest BCUT2D eigenvalue weighted by Crippen LogP contribution is -2.24. The summed E-state index contributed by atoms with van der Waals surface area (Å²) in [5, 5.41) is 14.2. The molecule has 1 aliphatic rings. The van der Waals surface area contributed by atoms with Crippen LogP contribution in [0, 0.1) is 0 Å². The maximum absolute atomic E-state index is 9.96. The van der Waals surface area contributed by atoms with Gasteiger partial charge in [-0.3, -0.25) is 0 Å². The molecule has 2 aromatic rings. The van der Waals surface area contributed by atoms with Crippen molar-refractivity contribution in [3.63, 3.8) is 0 Å². The van der Waals surface area contributed by atoms with E-state index in [1.54, 1.807) is 12.3 Å². The van der Waals surface area contributed by atoms with E-state index in [1.165, 1.54) is 11.6 Å². The van der Waals surface area contributed by atoms with Gasteiger partial charge in [0.05, 0.1) is 11.3 Å². The Kier molecular flexibility index (Phi) is 3.92. The number of nitrogens with one attached hydrogen (secondary N) is 1. The second-order valence-corrected chi connectivity index (χ2v) is 5.86. The summed E-state index contributed by atoms with van der Waals surface area (Å²) in [6, 6.07) is 5.53. The largest absolute Gasteiger partial charge is 0.506 e. The third kappa shape index (κ3) is 2.66. The minimum absolute atomic E-state index is 0.0896. The van der Waals surface area contributed by atoms with Crippen molar-refractivity contribution in [3.05, 3.63) is 51.4 Å². The fourth-order valence-electron chi connectivity index (χ4n) is 2.69. The standard InChI is InChI=1S/C15H15Cl2NO2/c16-10-6-9(15(19)12(17)7-10)8-18-13-2-1-3-14-11(13)4-5-20-14/h4-7,13,18-19H,1-3,8H2. The topological polar surface area (TPSA) is 45.4 Å². The molecule has 1 aromatic carbocycles. The first-order chi connectivity index (χ1) is 9.65. The summed E-state index contributed by atoms with van der Waals surface area (Å²) in [6.07, 6.45) is 4.88. The number of aryl methyl sites for hydroxylation is 1. The second-order valence-electron chi connectivity index (χ2n) is 5.02. The molecule has 0 fully saturated rings. The maximum Gasteiger partial charge on any atom is 0.138 e. The first-order valence-corrected chi connectivity index (χ1v) is 7.37. The van der Waals surface area contributed by atoms with Crippen LogP contribution in [-0.2, 0) is 13.0 Å². The van der Waals surface area contributed by atoms with E-state index in [0.717, 1.165) is 25.0 Å². The SMILES string of the molecule is Oc1c(Cl)cc(Cl)cc1CNC1CCCc2occc21. The van der Waals surface area contributed by atoms with Crippen LogP contribution in [0.4, 0.5) is 0 Å². The lowest BCUT2D eigenvalue weighted by molar-refractivity contribution is 0.405. The van der Waals surface area contributed by atoms with Gasteiger partial charge in [-0.05, 0) is 31.0 Å². The second kappa shape index (κ2) is 5.68. The molecule has 0 bridgehead atoms. The van der Waals surface area contributed by atoms with Crippen molar-refractivity contribution >= 4 is 23.2 Å². The molecular formula is C15H15Cl2NO2. The summed E-state index contributed by atoms with van der Waals surface area (Å²) in [5.74, 6) is 1.15. The number of rotatable bonds is 3. The summed E-state index contributed by atoms with van der Waals surface area (Å²) in [7, 11) is 0. The zero-order valence-electron chi connectivity index (χ0n) is 10.8. The number of halogens is 2. The highest BCUT2D eigenvalue weighted by atomic mass is 35.5. The molecule has 2 N–H and O–H groups in total. The van der Waals surface area contributed by atoms with Crippen LogP contribution in [0.25, 0.3) is 0 Å². The number of fused-ring (bicyclic) bond motifs is 1. The summed E-state index contributed by atoms with van der Waals surface area (Å²) >= 11 is 11.9. The molecule has 0 radical (unpaired) electrons. The van der Waals surface area contributed by atoms with Crippen LogP contribution in [0.3, 0.4) is 0 Å². The van der Waals surface area contributed by atoms with E-state index >= 15 is 0 Å². The highest BCUT2D eigenvalue weighted by Gasteiger charge is 2.22. The van der Waals surface area contributed by atoms with Crippen LogP contribution in [0.15, 0.2) is 28.9 Å². The number of furan rings is 1. The van der Waals surface area contributed by atoms with E-state index in [4.69, 9.17) is 27.6 Å². The number of hydrogen-bond acceptors (Lipinski definition) is 3. The van der Waals surface area contributed by atoms with Crippen molar-refractivity contribution in [1.82, 2.24) is 5.32 Å². The number of hydrogen-bond donors (Lipinski definition) is 2. The van der Waals surface area contributed by atoms with Gasteiger partial charge in [0.1, 0.15) is 11.5 Å². The Bertz CT molecular complexity index is 624. The van der Waals surface area contributed by atoms with Gasteiger partial charge in [0.15, 0.2) is 0 Å². The van der Waals surface area contributed by atoms with Crippen molar-refractivity contribution in [1.29, 1.82) is 0 Å². The molecule has 20 heavy (non-hydrogen) atoms. The van der Waals surface area contributed by atoms with E-state index in [9.17, 15) is 5.11 Å². The van der Waals surface area contributed by atoms with E-state index in [0.29, 0.717) is 17.1 Å². The zero-order valence-corrected chi connectivity index (χ0v) is 12.3. The molecule has 0 saturated heterocycles. The Morgan fingerprint density at radius 2 is 2.20 bits per heavy atom. The monoisotopic (exact) mass is 311 g/mol. The van der Waals surface area contributed by atoms with Crippen molar-refractivity contribution in [2.45, 2.75) is 31.8 Å². The van der Waals surface area contributed by atoms with Gasteiger partial charge in [0.2, 0.25) is 0 Å². The Balaban J connectivity index is 1.75. The molecule has 3 nitrogen and oxygen atoms in total. The van der Waals surface area contributed by atoms with Crippen LogP contribution < -0.4 is 5.32 Å². The summed E-state index contributed by atoms with van der Waals surface area (Å²) in [5.41, 5.74) is 1.92. The van der Waals surface area contributed by atoms with Gasteiger partial charge < -0.3 is 14.8 Å². The van der Waals surface area contributed by atoms with Gasteiger partial charge >= 0.3 is 0 Å². The maximum atomic E-state index is 9.96. The zero-order chi connectivity index (χ0) is 14.1. The fraction of sp³-hybridized carbons (Fsp3) is 0.333. The summed E-state index contributed by atoms with van der Waals surface area (Å²) in [6.45, 7) is 0.515. The molecule has 1 heterocycles. The minimum atomic E-state index is 0.0896. The number of benzene rings is 1. The van der Waals surface area contributed by atoms with E-state index in [-0.39, 0.29) is 16.8 Å². The van der Waals surface area contributed by atoms with Crippen LogP contribution in [0.1, 0.15) is 35.8 Å². The molecule has 1 aliphatic carbocycles. The number of phenolic OH excluding ortho intramolecular Hbond substituents is 1. The molecule has 0 aliphatic heterocycles. The molecule has 0 spiro atoms. The van der Waals surface area contributed by atoms with Crippen molar-refractivity contribution in [3.8, 4) is 5.75 Å². The molecule has 106 valence electrons. The molecule has 1 unspecified atom stereocenters. The van der Waals surface area contributed by atoms with E-state index in [2.05, 4.69) is 5.32 Å². The fourth-order valence-corrected chi connectivity index (χ4v) is 3.22. The van der Waals surface area contributed by atoms with Crippen molar-refractivity contribution < 1.29 is 9.52 Å². The lowest BCUT2D eigenvalue weighted by atomic mass is 9.93. The smallest absolute Gasteiger partial charge is 0.138 e. The highest BCUT2D eigenvalue weighted by molar-refractivity contribution is 6.35. The summed E-state index contributed by atoms with van der Waals surface area (Å²) < 4.78 is 5.47. The Morgan fingerprint density at radius 1 is 1.35 bits per heavy atom. The van der Waals surface area contributed by atoms with Gasteiger partial charge in [-0.1, -0.05) is 23.2 Å². The van der Waals surface area contributed by atoms with E-state index < -0.39 is 0 Å². The molecule has 3 rings (SSSR count). The predicted octanol–water partition coefficient (Wildman–Crippen LogP) is 4.46. The molecule has 0 saturated carbocycles. The van der Waals surface area contributed by atoms with Crippen molar-refractivity contribution in [2.75, 3.05) is 0 Å². The number of aromatic hydroxyl groups is 1. The molecule has 5 heteroatoms. The average molecular weight is 312 g/mol. The quantitative estimate of drug-likeness (QED) is 0.879. The average Bonchev–Trinajstić information content (AvgIpc) is 2.90. The van der Waals surface area contributed by atoms with Crippen molar-refractivity contribution in [2.24, 2.45) is 0 Å². The molecule has 1 aromatic heterocycles. The highest BCUT2D eigenvalue weighted by Crippen LogP contribution is 2.33. The first-order valence-electron chi connectivity index (χ1n) is 6.61. The van der Waals surface area contributed by atoms with E-state index in [1.807, 2.05) is 6.07 Å². The Morgan fingerprint density at radius 3 is 3.05 bits per heavy atom. The van der Waals surface area contributed by atoms with Crippen LogP contribution >= 0.6 is 23.2 Å². The third-order valence-corrected chi connectivity index (χ3v) is 4.20. The van der Waals surface area contributed by atoms with Gasteiger partial charge in [0.25, 0.3) is 0 Å². The Labute approximate surface area is 127 Å². The lowest BCUT2D eigenvalue weighted by Gasteiger charge is -2.23. The molecule has 0 amide bonds. The third-order valence-electron chi connectivity index (χ3n) is 3.70. The minimum Gasteiger partial charge on any atom is -0.506 e. The van der Waals surface area contributed by atoms with Gasteiger partial charge in [-0.2, -0.15) is 0 Å². The number of phenols is 1. The normalized spacial score (nSPS) is 18.0. The first kappa shape index (κ1) is 13.8. The molecular weight excluding hydrogens is 297 g/mol. The van der Waals surface area contributed by atoms with Gasteiger partial charge in [0, 0.05) is 35.2 Å². The van der Waals surface area contributed by atoms with Crippen LogP contribution in [0.5, 0.6) is 5.75 Å². The van der Waals surface area contributed by atoms with Gasteiger partial charge in [-0.25, -0.2) is 0 Å². The van der Waals surface area contributed by atoms with Crippen LogP contribution in [-0.4, -0.2) is 5.11 Å². The van der Waals surface area contributed by atoms with Crippen LogP contribution in [0.2, 0.25) is 10.0 Å². The predicted molar refractivity (Wildman–Crippen MR) is 79.4 cm³/mol. The molecule has 1 atom stereocenters. The Hall–Kier alpha value is -1.16. The van der Waals surface area contributed by atoms with Gasteiger partial charge in [-0.15, -0.1) is 0 Å². The summed E-state index contributed by atoms with van der Waals surface area (Å²) in [4.78, 5) is 0.